The van der Waals surface area contributed by atoms with Crippen LogP contribution in [0.15, 0.2) is 30.3 Å². The van der Waals surface area contributed by atoms with Gasteiger partial charge in [-0.1, -0.05) is 18.2 Å². The molecule has 0 amide bonds. The van der Waals surface area contributed by atoms with Crippen molar-refractivity contribution in [3.8, 4) is 5.75 Å². The average Bonchev–Trinajstić information content (AvgIpc) is 1.88. The summed E-state index contributed by atoms with van der Waals surface area (Å²) in [6.45, 7) is 0. The number of hydrogen-bond acceptors (Lipinski definition) is 3. The first-order valence-electron chi connectivity index (χ1n) is 2.70. The molecule has 0 saturated carbocycles. The van der Waals surface area contributed by atoms with Gasteiger partial charge in [0.2, 0.25) is 0 Å². The van der Waals surface area contributed by atoms with E-state index in [2.05, 4.69) is 4.52 Å². The van der Waals surface area contributed by atoms with Crippen LogP contribution in [0.5, 0.6) is 5.75 Å². The zero-order valence-electron chi connectivity index (χ0n) is 5.51. The fourth-order valence-electron chi connectivity index (χ4n) is 0.576. The second-order valence-corrected chi connectivity index (χ2v) is 2.35. The van der Waals surface area contributed by atoms with E-state index in [4.69, 9.17) is 9.79 Å². The van der Waals surface area contributed by atoms with Crippen LogP contribution >= 0.6 is 8.60 Å². The molecule has 0 spiro atoms. The molecule has 61 valence electrons. The molecule has 1 radical (unpaired) electrons. The van der Waals surface area contributed by atoms with Crippen LogP contribution in [0.1, 0.15) is 0 Å². The van der Waals surface area contributed by atoms with Crippen LogP contribution in [0, 0.1) is 0 Å². The van der Waals surface area contributed by atoms with Crippen LogP contribution in [0.25, 0.3) is 0 Å². The van der Waals surface area contributed by atoms with E-state index in [0.29, 0.717) is 5.75 Å². The molecule has 0 unspecified atom stereocenters. The third-order valence-corrected chi connectivity index (χ3v) is 1.30. The van der Waals surface area contributed by atoms with Gasteiger partial charge in [-0.15, -0.1) is 0 Å². The van der Waals surface area contributed by atoms with Gasteiger partial charge in [0, 0.05) is 17.1 Å². The summed E-state index contributed by atoms with van der Waals surface area (Å²) in [7, 11) is -2.28. The molecule has 0 bridgehead atoms. The molecular formula is C6H7MnO3P. The molecule has 0 aliphatic heterocycles. The van der Waals surface area contributed by atoms with E-state index in [-0.39, 0.29) is 17.1 Å². The molecule has 0 aliphatic carbocycles. The smallest absolute Gasteiger partial charge is 0.391 e. The van der Waals surface area contributed by atoms with Crippen molar-refractivity contribution in [2.24, 2.45) is 0 Å². The number of benzene rings is 1. The first kappa shape index (κ1) is 10.9. The minimum Gasteiger partial charge on any atom is -0.427 e. The number of rotatable bonds is 2. The van der Waals surface area contributed by atoms with E-state index in [9.17, 15) is 0 Å². The minimum atomic E-state index is -2.28. The molecule has 1 aromatic rings. The zero-order chi connectivity index (χ0) is 7.40. The van der Waals surface area contributed by atoms with Gasteiger partial charge in [-0.2, -0.15) is 0 Å². The Balaban J connectivity index is 0.000001000. The Kier molecular flexibility index (Phi) is 5.47. The fraction of sp³-hybridized carbons (Fsp3) is 0. The Morgan fingerprint density at radius 1 is 1.09 bits per heavy atom. The van der Waals surface area contributed by atoms with Crippen LogP contribution < -0.4 is 4.52 Å². The van der Waals surface area contributed by atoms with Crippen molar-refractivity contribution in [3.05, 3.63) is 30.3 Å². The Hall–Kier alpha value is -0.111. The Labute approximate surface area is 76.5 Å². The topological polar surface area (TPSA) is 49.7 Å². The summed E-state index contributed by atoms with van der Waals surface area (Å²) >= 11 is 0. The molecule has 0 heterocycles. The van der Waals surface area contributed by atoms with E-state index >= 15 is 0 Å². The van der Waals surface area contributed by atoms with Crippen LogP contribution in [0.4, 0.5) is 0 Å². The second kappa shape index (κ2) is 5.53. The zero-order valence-corrected chi connectivity index (χ0v) is 7.59. The predicted octanol–water partition coefficient (Wildman–Crippen LogP) is 1.27. The van der Waals surface area contributed by atoms with Gasteiger partial charge in [0.1, 0.15) is 5.75 Å². The molecule has 1 aromatic carbocycles. The summed E-state index contributed by atoms with van der Waals surface area (Å²) in [4.78, 5) is 16.8. The van der Waals surface area contributed by atoms with Gasteiger partial charge < -0.3 is 14.3 Å². The maximum Gasteiger partial charge on any atom is 0.391 e. The summed E-state index contributed by atoms with van der Waals surface area (Å²) in [6, 6.07) is 8.65. The summed E-state index contributed by atoms with van der Waals surface area (Å²) in [5.41, 5.74) is 0. The summed E-state index contributed by atoms with van der Waals surface area (Å²) in [5, 5.41) is 0. The molecule has 0 aromatic heterocycles. The standard InChI is InChI=1S/C6H7O3P.Mn/c7-10(8)9-6-4-2-1-3-5-6;/h1-5,7-8H;. The first-order valence-corrected chi connectivity index (χ1v) is 3.86. The molecule has 0 atom stereocenters. The third kappa shape index (κ3) is 4.35. The van der Waals surface area contributed by atoms with E-state index in [1.165, 1.54) is 0 Å². The number of hydrogen-bond donors (Lipinski definition) is 2. The van der Waals surface area contributed by atoms with Gasteiger partial charge in [-0.25, -0.2) is 0 Å². The number of para-hydroxylation sites is 1. The van der Waals surface area contributed by atoms with Crippen LogP contribution in [-0.4, -0.2) is 9.79 Å². The van der Waals surface area contributed by atoms with Gasteiger partial charge in [-0.3, -0.25) is 0 Å². The van der Waals surface area contributed by atoms with E-state index in [0.717, 1.165) is 0 Å². The van der Waals surface area contributed by atoms with Crippen molar-refractivity contribution in [2.45, 2.75) is 0 Å². The van der Waals surface area contributed by atoms with Crippen molar-refractivity contribution >= 4 is 8.60 Å². The maximum atomic E-state index is 8.40. The Morgan fingerprint density at radius 3 is 2.09 bits per heavy atom. The summed E-state index contributed by atoms with van der Waals surface area (Å²) in [6.07, 6.45) is 0. The maximum absolute atomic E-state index is 8.40. The van der Waals surface area contributed by atoms with Gasteiger partial charge in [0.15, 0.2) is 0 Å². The van der Waals surface area contributed by atoms with Crippen molar-refractivity contribution < 1.29 is 31.4 Å². The molecular weight excluding hydrogens is 206 g/mol. The van der Waals surface area contributed by atoms with Gasteiger partial charge in [0.25, 0.3) is 0 Å². The molecule has 3 nitrogen and oxygen atoms in total. The van der Waals surface area contributed by atoms with Crippen molar-refractivity contribution in [1.82, 2.24) is 0 Å². The third-order valence-electron chi connectivity index (χ3n) is 0.930. The summed E-state index contributed by atoms with van der Waals surface area (Å²) in [5.74, 6) is 0.471. The predicted molar refractivity (Wildman–Crippen MR) is 38.4 cm³/mol. The second-order valence-electron chi connectivity index (χ2n) is 1.66. The van der Waals surface area contributed by atoms with Crippen molar-refractivity contribution in [1.29, 1.82) is 0 Å². The Morgan fingerprint density at radius 2 is 1.64 bits per heavy atom. The van der Waals surface area contributed by atoms with E-state index < -0.39 is 8.60 Å². The van der Waals surface area contributed by atoms with Gasteiger partial charge >= 0.3 is 8.60 Å². The van der Waals surface area contributed by atoms with E-state index in [1.54, 1.807) is 24.3 Å². The quantitative estimate of drug-likeness (QED) is 0.574. The molecule has 0 saturated heterocycles. The Bertz CT molecular complexity index is 192. The first-order chi connectivity index (χ1) is 4.79. The van der Waals surface area contributed by atoms with Crippen LogP contribution in [-0.2, 0) is 17.1 Å². The average molecular weight is 213 g/mol. The SMILES string of the molecule is OP(O)Oc1ccccc1.[Mn]. The fourth-order valence-corrected chi connectivity index (χ4v) is 0.886. The van der Waals surface area contributed by atoms with Crippen molar-refractivity contribution in [2.75, 3.05) is 0 Å². The molecule has 0 aliphatic rings. The van der Waals surface area contributed by atoms with Crippen molar-refractivity contribution in [3.63, 3.8) is 0 Å². The largest absolute Gasteiger partial charge is 0.427 e. The molecule has 5 heteroatoms. The van der Waals surface area contributed by atoms with Crippen LogP contribution in [0.3, 0.4) is 0 Å². The molecule has 11 heavy (non-hydrogen) atoms. The minimum absolute atomic E-state index is 0. The van der Waals surface area contributed by atoms with Gasteiger partial charge in [0.05, 0.1) is 0 Å². The molecule has 0 fully saturated rings. The molecule has 2 N–H and O–H groups in total. The molecule has 1 rings (SSSR count). The van der Waals surface area contributed by atoms with Crippen LogP contribution in [0.2, 0.25) is 0 Å². The normalized spacial score (nSPS) is 9.00. The summed E-state index contributed by atoms with van der Waals surface area (Å²) < 4.78 is 4.59. The van der Waals surface area contributed by atoms with Gasteiger partial charge in [-0.05, 0) is 12.1 Å². The monoisotopic (exact) mass is 213 g/mol. The van der Waals surface area contributed by atoms with E-state index in [1.807, 2.05) is 6.07 Å².